The molecule has 2 aliphatic heterocycles. The van der Waals surface area contributed by atoms with Gasteiger partial charge in [0.25, 0.3) is 5.91 Å². The molecule has 11 nitrogen and oxygen atoms in total. The summed E-state index contributed by atoms with van der Waals surface area (Å²) in [5, 5.41) is 5.35. The number of carbonyl (C=O) groups excluding carboxylic acids is 2. The van der Waals surface area contributed by atoms with Crippen molar-refractivity contribution in [2.45, 2.75) is 67.8 Å². The number of nitrogens with zero attached hydrogens (tertiary/aromatic N) is 3. The lowest BCUT2D eigenvalue weighted by molar-refractivity contribution is -0.122. The maximum atomic E-state index is 13.2. The van der Waals surface area contributed by atoms with Gasteiger partial charge in [0.05, 0.1) is 37.0 Å². The van der Waals surface area contributed by atoms with E-state index >= 15 is 0 Å². The summed E-state index contributed by atoms with van der Waals surface area (Å²) in [5.41, 5.74) is 0.991. The third-order valence-corrected chi connectivity index (χ3v) is 10.1. The number of sulfone groups is 1. The molecule has 2 amide bonds. The lowest BCUT2D eigenvalue weighted by Crippen LogP contribution is -2.48. The molecule has 0 spiro atoms. The second-order valence-corrected chi connectivity index (χ2v) is 13.0. The summed E-state index contributed by atoms with van der Waals surface area (Å²) >= 11 is 0. The number of fused-ring (bicyclic) bond motifs is 1. The number of ether oxygens (including phenoxy) is 2. The molecule has 40 heavy (non-hydrogen) atoms. The monoisotopic (exact) mass is 571 g/mol. The molecule has 3 heterocycles. The fraction of sp³-hybridized carbons (Fsp3) is 0.571. The first-order valence-electron chi connectivity index (χ1n) is 13.9. The fourth-order valence-electron chi connectivity index (χ4n) is 5.91. The van der Waals surface area contributed by atoms with Crippen LogP contribution < -0.4 is 15.5 Å². The first-order valence-corrected chi connectivity index (χ1v) is 15.4. The van der Waals surface area contributed by atoms with Crippen LogP contribution in [0.4, 0.5) is 5.82 Å². The van der Waals surface area contributed by atoms with Gasteiger partial charge in [0.15, 0.2) is 9.84 Å². The van der Waals surface area contributed by atoms with Crippen LogP contribution in [0.2, 0.25) is 0 Å². The molecular formula is C28H37N5O6S. The molecule has 5 rings (SSSR count). The number of methoxy groups -OCH3 is 1. The molecule has 2 aromatic rings. The Balaban J connectivity index is 1.29. The third-order valence-electron chi connectivity index (χ3n) is 8.06. The standard InChI is InChI=1S/C28H37N5O6S/c1-18-31-21(15-30-27(34)19-7-9-22(10-8-19)40(36,37)23-16-39-17-23)14-26(32-18)33-24-6-4-3-5-20(24)13-25(33)28(35)29-11-12-38-2/h7-10,14,20,23-25H,3-6,11-13,15-17H2,1-2H3,(H,29,35)(H,30,34)/t20-,24-,25-/m0/s1. The van der Waals surface area contributed by atoms with E-state index in [9.17, 15) is 18.0 Å². The maximum absolute atomic E-state index is 13.2. The molecule has 216 valence electrons. The van der Waals surface area contributed by atoms with E-state index in [2.05, 4.69) is 20.5 Å². The van der Waals surface area contributed by atoms with Crippen LogP contribution in [0.25, 0.3) is 0 Å². The van der Waals surface area contributed by atoms with Gasteiger partial charge in [-0.25, -0.2) is 18.4 Å². The average Bonchev–Trinajstić information content (AvgIpc) is 3.30. The molecule has 0 radical (unpaired) electrons. The Morgan fingerprint density at radius 3 is 2.55 bits per heavy atom. The van der Waals surface area contributed by atoms with Crippen LogP contribution in [0.3, 0.4) is 0 Å². The predicted molar refractivity (Wildman–Crippen MR) is 148 cm³/mol. The van der Waals surface area contributed by atoms with Gasteiger partial charge in [-0.05, 0) is 56.4 Å². The average molecular weight is 572 g/mol. The molecule has 12 heteroatoms. The number of hydrogen-bond donors (Lipinski definition) is 2. The molecule has 1 aromatic carbocycles. The Hall–Kier alpha value is -3.09. The predicted octanol–water partition coefficient (Wildman–Crippen LogP) is 1.79. The number of aryl methyl sites for hydroxylation is 1. The normalized spacial score (nSPS) is 22.9. The number of amides is 2. The molecular weight excluding hydrogens is 534 g/mol. The van der Waals surface area contributed by atoms with Crippen molar-refractivity contribution in [2.75, 3.05) is 38.4 Å². The topological polar surface area (TPSA) is 140 Å². The van der Waals surface area contributed by atoms with Gasteiger partial charge in [-0.2, -0.15) is 0 Å². The van der Waals surface area contributed by atoms with Gasteiger partial charge in [-0.1, -0.05) is 12.8 Å². The number of benzene rings is 1. The zero-order chi connectivity index (χ0) is 28.3. The van der Waals surface area contributed by atoms with Crippen LogP contribution in [0, 0.1) is 12.8 Å². The number of aromatic nitrogens is 2. The quantitative estimate of drug-likeness (QED) is 0.409. The van der Waals surface area contributed by atoms with E-state index in [-0.39, 0.29) is 48.6 Å². The van der Waals surface area contributed by atoms with Crippen molar-refractivity contribution in [2.24, 2.45) is 5.92 Å². The number of carbonyl (C=O) groups is 2. The van der Waals surface area contributed by atoms with Crippen LogP contribution in [0.5, 0.6) is 0 Å². The molecule has 1 saturated carbocycles. The fourth-order valence-corrected chi connectivity index (χ4v) is 7.36. The molecule has 2 N–H and O–H groups in total. The van der Waals surface area contributed by atoms with E-state index in [1.54, 1.807) is 7.11 Å². The van der Waals surface area contributed by atoms with Gasteiger partial charge in [0.1, 0.15) is 22.9 Å². The summed E-state index contributed by atoms with van der Waals surface area (Å²) in [4.78, 5) is 37.6. The van der Waals surface area contributed by atoms with Crippen LogP contribution >= 0.6 is 0 Å². The zero-order valence-electron chi connectivity index (χ0n) is 23.0. The Bertz CT molecular complexity index is 1330. The van der Waals surface area contributed by atoms with Gasteiger partial charge >= 0.3 is 0 Å². The van der Waals surface area contributed by atoms with Gasteiger partial charge in [-0.15, -0.1) is 0 Å². The van der Waals surface area contributed by atoms with Gasteiger partial charge in [0.2, 0.25) is 5.91 Å². The zero-order valence-corrected chi connectivity index (χ0v) is 23.8. The summed E-state index contributed by atoms with van der Waals surface area (Å²) in [5.74, 6) is 1.35. The van der Waals surface area contributed by atoms with E-state index in [4.69, 9.17) is 14.5 Å². The van der Waals surface area contributed by atoms with Crippen molar-refractivity contribution in [3.63, 3.8) is 0 Å². The smallest absolute Gasteiger partial charge is 0.251 e. The highest BCUT2D eigenvalue weighted by atomic mass is 32.2. The van der Waals surface area contributed by atoms with Crippen molar-refractivity contribution in [3.8, 4) is 0 Å². The number of hydrogen-bond acceptors (Lipinski definition) is 9. The first-order chi connectivity index (χ1) is 19.3. The summed E-state index contributed by atoms with van der Waals surface area (Å²) in [6.07, 6.45) is 5.20. The number of nitrogens with one attached hydrogen (secondary N) is 2. The van der Waals surface area contributed by atoms with Crippen molar-refractivity contribution in [3.05, 3.63) is 47.4 Å². The van der Waals surface area contributed by atoms with Crippen molar-refractivity contribution < 1.29 is 27.5 Å². The highest BCUT2D eigenvalue weighted by molar-refractivity contribution is 7.92. The first kappa shape index (κ1) is 28.4. The molecule has 0 bridgehead atoms. The minimum atomic E-state index is -3.46. The minimum absolute atomic E-state index is 0.0205. The second-order valence-electron chi connectivity index (χ2n) is 10.7. The van der Waals surface area contributed by atoms with Crippen LogP contribution in [0.1, 0.15) is 54.0 Å². The van der Waals surface area contributed by atoms with E-state index in [1.807, 2.05) is 13.0 Å². The highest BCUT2D eigenvalue weighted by Crippen LogP contribution is 2.42. The minimum Gasteiger partial charge on any atom is -0.383 e. The summed E-state index contributed by atoms with van der Waals surface area (Å²) in [6.45, 7) is 3.28. The summed E-state index contributed by atoms with van der Waals surface area (Å²) in [6, 6.07) is 7.73. The Labute approximate surface area is 235 Å². The molecule has 3 aliphatic rings. The van der Waals surface area contributed by atoms with Crippen molar-refractivity contribution in [1.29, 1.82) is 0 Å². The molecule has 1 aliphatic carbocycles. The highest BCUT2D eigenvalue weighted by Gasteiger charge is 2.45. The SMILES string of the molecule is COCCNC(=O)[C@@H]1C[C@@H]2CCCC[C@@H]2N1c1cc(CNC(=O)c2ccc(S(=O)(=O)C3COC3)cc2)nc(C)n1. The second kappa shape index (κ2) is 12.2. The van der Waals surface area contributed by atoms with Gasteiger partial charge in [-0.3, -0.25) is 9.59 Å². The van der Waals surface area contributed by atoms with Crippen LogP contribution in [-0.2, 0) is 30.7 Å². The van der Waals surface area contributed by atoms with Crippen molar-refractivity contribution in [1.82, 2.24) is 20.6 Å². The molecule has 2 saturated heterocycles. The van der Waals surface area contributed by atoms with Crippen LogP contribution in [0.15, 0.2) is 35.2 Å². The lowest BCUT2D eigenvalue weighted by Gasteiger charge is -2.34. The Morgan fingerprint density at radius 2 is 1.85 bits per heavy atom. The van der Waals surface area contributed by atoms with E-state index < -0.39 is 15.1 Å². The largest absolute Gasteiger partial charge is 0.383 e. The number of anilines is 1. The molecule has 0 unspecified atom stereocenters. The number of rotatable bonds is 10. The Morgan fingerprint density at radius 1 is 1.10 bits per heavy atom. The summed E-state index contributed by atoms with van der Waals surface area (Å²) in [7, 11) is -1.85. The van der Waals surface area contributed by atoms with Crippen molar-refractivity contribution >= 4 is 27.5 Å². The van der Waals surface area contributed by atoms with E-state index in [0.717, 1.165) is 25.7 Å². The summed E-state index contributed by atoms with van der Waals surface area (Å²) < 4.78 is 35.2. The van der Waals surface area contributed by atoms with E-state index in [0.29, 0.717) is 42.0 Å². The van der Waals surface area contributed by atoms with Crippen LogP contribution in [-0.4, -0.2) is 81.0 Å². The maximum Gasteiger partial charge on any atom is 0.251 e. The molecule has 3 fully saturated rings. The molecule has 1 aromatic heterocycles. The van der Waals surface area contributed by atoms with E-state index in [1.165, 1.54) is 30.7 Å². The molecule has 3 atom stereocenters. The lowest BCUT2D eigenvalue weighted by atomic mass is 9.84. The van der Waals surface area contributed by atoms with Gasteiger partial charge in [0, 0.05) is 31.3 Å². The van der Waals surface area contributed by atoms with Gasteiger partial charge < -0.3 is 25.0 Å². The Kier molecular flexibility index (Phi) is 8.67. The third kappa shape index (κ3) is 5.98.